The lowest BCUT2D eigenvalue weighted by Crippen LogP contribution is -2.20. The number of benzene rings is 1. The Bertz CT molecular complexity index is 833. The summed E-state index contributed by atoms with van der Waals surface area (Å²) in [6, 6.07) is 3.73. The summed E-state index contributed by atoms with van der Waals surface area (Å²) in [5.41, 5.74) is 7.35. The van der Waals surface area contributed by atoms with E-state index in [1.165, 1.54) is 0 Å². The van der Waals surface area contributed by atoms with Gasteiger partial charge in [0, 0.05) is 19.6 Å². The van der Waals surface area contributed by atoms with Gasteiger partial charge in [0.05, 0.1) is 27.0 Å². The lowest BCUT2D eigenvalue weighted by molar-refractivity contribution is 0.324. The molecule has 28 heavy (non-hydrogen) atoms. The lowest BCUT2D eigenvalue weighted by atomic mass is 10.1. The molecule has 3 N–H and O–H groups in total. The maximum Gasteiger partial charge on any atom is 0.203 e. The molecule has 2 aromatic rings. The summed E-state index contributed by atoms with van der Waals surface area (Å²) < 4.78 is 16.2. The van der Waals surface area contributed by atoms with E-state index in [-0.39, 0.29) is 0 Å². The Morgan fingerprint density at radius 2 is 1.64 bits per heavy atom. The molecular weight excluding hydrogens is 403 g/mol. The molecule has 152 valence electrons. The molecule has 2 heterocycles. The van der Waals surface area contributed by atoms with E-state index in [1.807, 2.05) is 12.1 Å². The SMILES string of the molecule is COc1cc(CNc2nc(N3CCCC3)c(Cl)c(N)c2Cl)cc(OC)c1OC. The lowest BCUT2D eigenvalue weighted by Gasteiger charge is -2.21. The molecule has 3 rings (SSSR count). The van der Waals surface area contributed by atoms with Gasteiger partial charge in [-0.25, -0.2) is 4.98 Å². The number of hydrogen-bond donors (Lipinski definition) is 2. The minimum Gasteiger partial charge on any atom is -0.493 e. The fraction of sp³-hybridized carbons (Fsp3) is 0.421. The maximum absolute atomic E-state index is 6.39. The quantitative estimate of drug-likeness (QED) is 0.685. The van der Waals surface area contributed by atoms with Gasteiger partial charge in [-0.05, 0) is 30.5 Å². The van der Waals surface area contributed by atoms with Crippen LogP contribution in [0.1, 0.15) is 18.4 Å². The topological polar surface area (TPSA) is 81.9 Å². The van der Waals surface area contributed by atoms with E-state index in [2.05, 4.69) is 15.2 Å². The number of nitrogens with one attached hydrogen (secondary N) is 1. The summed E-state index contributed by atoms with van der Waals surface area (Å²) >= 11 is 12.8. The Balaban J connectivity index is 1.88. The van der Waals surface area contributed by atoms with Crippen LogP contribution in [0, 0.1) is 0 Å². The third-order valence-corrected chi connectivity index (χ3v) is 5.44. The van der Waals surface area contributed by atoms with E-state index in [0.717, 1.165) is 31.5 Å². The number of nitrogens with zero attached hydrogens (tertiary/aromatic N) is 2. The normalized spacial score (nSPS) is 13.5. The van der Waals surface area contributed by atoms with Gasteiger partial charge >= 0.3 is 0 Å². The number of ether oxygens (including phenoxy) is 3. The number of methoxy groups -OCH3 is 3. The zero-order chi connectivity index (χ0) is 20.3. The van der Waals surface area contributed by atoms with Crippen molar-refractivity contribution < 1.29 is 14.2 Å². The van der Waals surface area contributed by atoms with Crippen molar-refractivity contribution in [2.75, 3.05) is 50.4 Å². The van der Waals surface area contributed by atoms with E-state index >= 15 is 0 Å². The average Bonchev–Trinajstić information content (AvgIpc) is 3.25. The Hall–Kier alpha value is -2.25. The molecule has 0 unspecified atom stereocenters. The second-order valence-corrected chi connectivity index (χ2v) is 7.16. The third kappa shape index (κ3) is 3.95. The first kappa shape index (κ1) is 20.5. The molecule has 7 nitrogen and oxygen atoms in total. The first-order valence-electron chi connectivity index (χ1n) is 8.92. The van der Waals surface area contributed by atoms with Crippen molar-refractivity contribution in [2.45, 2.75) is 19.4 Å². The number of anilines is 3. The molecule has 0 atom stereocenters. The van der Waals surface area contributed by atoms with Gasteiger partial charge in [0.25, 0.3) is 0 Å². The first-order chi connectivity index (χ1) is 13.5. The highest BCUT2D eigenvalue weighted by molar-refractivity contribution is 6.41. The van der Waals surface area contributed by atoms with E-state index in [9.17, 15) is 0 Å². The highest BCUT2D eigenvalue weighted by Crippen LogP contribution is 2.41. The molecule has 1 aliphatic heterocycles. The molecule has 0 amide bonds. The Labute approximate surface area is 174 Å². The molecule has 1 aromatic heterocycles. The van der Waals surface area contributed by atoms with Gasteiger partial charge in [-0.1, -0.05) is 23.2 Å². The summed E-state index contributed by atoms with van der Waals surface area (Å²) in [7, 11) is 4.72. The molecule has 9 heteroatoms. The van der Waals surface area contributed by atoms with E-state index < -0.39 is 0 Å². The minimum absolute atomic E-state index is 0.306. The number of nitrogen functional groups attached to an aromatic ring is 1. The van der Waals surface area contributed by atoms with Crippen molar-refractivity contribution in [1.82, 2.24) is 4.98 Å². The van der Waals surface area contributed by atoms with Gasteiger partial charge in [0.15, 0.2) is 17.3 Å². The Kier molecular flexibility index (Phi) is 6.46. The van der Waals surface area contributed by atoms with Crippen molar-refractivity contribution in [2.24, 2.45) is 0 Å². The van der Waals surface area contributed by atoms with Crippen LogP contribution in [0.25, 0.3) is 0 Å². The summed E-state index contributed by atoms with van der Waals surface area (Å²) in [5, 5.41) is 3.94. The fourth-order valence-corrected chi connectivity index (χ4v) is 3.74. The zero-order valence-electron chi connectivity index (χ0n) is 16.1. The number of hydrogen-bond acceptors (Lipinski definition) is 7. The van der Waals surface area contributed by atoms with Gasteiger partial charge in [-0.3, -0.25) is 0 Å². The average molecular weight is 427 g/mol. The number of rotatable bonds is 7. The van der Waals surface area contributed by atoms with Crippen molar-refractivity contribution >= 4 is 40.5 Å². The van der Waals surface area contributed by atoms with Crippen molar-refractivity contribution in [1.29, 1.82) is 0 Å². The summed E-state index contributed by atoms with van der Waals surface area (Å²) in [6.45, 7) is 2.24. The third-order valence-electron chi connectivity index (χ3n) is 4.68. The molecule has 1 saturated heterocycles. The first-order valence-corrected chi connectivity index (χ1v) is 9.67. The van der Waals surface area contributed by atoms with Crippen LogP contribution in [0.3, 0.4) is 0 Å². The minimum atomic E-state index is 0.306. The number of aromatic nitrogens is 1. The van der Waals surface area contributed by atoms with Gasteiger partial charge in [0.2, 0.25) is 5.75 Å². The number of nitrogens with two attached hydrogens (primary N) is 1. The highest BCUT2D eigenvalue weighted by atomic mass is 35.5. The maximum atomic E-state index is 6.39. The Morgan fingerprint density at radius 1 is 1.04 bits per heavy atom. The van der Waals surface area contributed by atoms with Crippen LogP contribution in [-0.2, 0) is 6.54 Å². The van der Waals surface area contributed by atoms with Gasteiger partial charge in [-0.15, -0.1) is 0 Å². The van der Waals surface area contributed by atoms with Crippen LogP contribution in [0.5, 0.6) is 17.2 Å². The molecule has 1 aromatic carbocycles. The van der Waals surface area contributed by atoms with Crippen LogP contribution < -0.4 is 30.2 Å². The van der Waals surface area contributed by atoms with Crippen LogP contribution in [-0.4, -0.2) is 39.4 Å². The monoisotopic (exact) mass is 426 g/mol. The van der Waals surface area contributed by atoms with Crippen LogP contribution in [0.4, 0.5) is 17.3 Å². The van der Waals surface area contributed by atoms with Crippen molar-refractivity contribution in [3.63, 3.8) is 0 Å². The second kappa shape index (κ2) is 8.84. The number of halogens is 2. The standard InChI is InChI=1S/C19H24Cl2N4O3/c1-26-12-8-11(9-13(27-2)17(12)28-3)10-23-18-14(20)16(22)15(21)19(24-18)25-6-4-5-7-25/h8-9H,4-7,10H2,1-3H3,(H3,22,23,24). The predicted octanol–water partition coefficient (Wildman–Crippen LogP) is 4.21. The van der Waals surface area contributed by atoms with Crippen molar-refractivity contribution in [3.8, 4) is 17.2 Å². The van der Waals surface area contributed by atoms with E-state index in [1.54, 1.807) is 21.3 Å². The molecule has 0 spiro atoms. The summed E-state index contributed by atoms with van der Waals surface area (Å²) in [5.74, 6) is 2.84. The molecule has 0 bridgehead atoms. The summed E-state index contributed by atoms with van der Waals surface area (Å²) in [4.78, 5) is 6.76. The molecular formula is C19H24Cl2N4O3. The smallest absolute Gasteiger partial charge is 0.203 e. The van der Waals surface area contributed by atoms with E-state index in [4.69, 9.17) is 43.1 Å². The predicted molar refractivity (Wildman–Crippen MR) is 114 cm³/mol. The van der Waals surface area contributed by atoms with Crippen LogP contribution in [0.2, 0.25) is 10.0 Å². The van der Waals surface area contributed by atoms with Gasteiger partial charge in [0.1, 0.15) is 15.9 Å². The van der Waals surface area contributed by atoms with Crippen molar-refractivity contribution in [3.05, 3.63) is 27.7 Å². The molecule has 0 saturated carbocycles. The molecule has 1 aliphatic rings. The van der Waals surface area contributed by atoms with Crippen LogP contribution >= 0.6 is 23.2 Å². The number of pyridine rings is 1. The fourth-order valence-electron chi connectivity index (χ4n) is 3.23. The van der Waals surface area contributed by atoms with Gasteiger partial charge < -0.3 is 30.2 Å². The molecule has 0 aliphatic carbocycles. The van der Waals surface area contributed by atoms with E-state index in [0.29, 0.717) is 51.2 Å². The Morgan fingerprint density at radius 3 is 2.18 bits per heavy atom. The highest BCUT2D eigenvalue weighted by Gasteiger charge is 2.22. The van der Waals surface area contributed by atoms with Crippen LogP contribution in [0.15, 0.2) is 12.1 Å². The molecule has 0 radical (unpaired) electrons. The molecule has 1 fully saturated rings. The summed E-state index contributed by atoms with van der Waals surface area (Å²) in [6.07, 6.45) is 2.21. The largest absolute Gasteiger partial charge is 0.493 e. The van der Waals surface area contributed by atoms with Gasteiger partial charge in [-0.2, -0.15) is 0 Å². The second-order valence-electron chi connectivity index (χ2n) is 6.41. The zero-order valence-corrected chi connectivity index (χ0v) is 17.7.